The van der Waals surface area contributed by atoms with Gasteiger partial charge in [-0.1, -0.05) is 23.4 Å². The monoisotopic (exact) mass is 349 g/mol. The third kappa shape index (κ3) is 3.02. The zero-order valence-electron chi connectivity index (χ0n) is 9.39. The van der Waals surface area contributed by atoms with Gasteiger partial charge < -0.3 is 0 Å². The first-order valence-corrected chi connectivity index (χ1v) is 7.18. The minimum absolute atomic E-state index is 0.00244. The van der Waals surface area contributed by atoms with E-state index in [4.69, 9.17) is 11.6 Å². The van der Waals surface area contributed by atoms with E-state index in [2.05, 4.69) is 25.9 Å². The second-order valence-electron chi connectivity index (χ2n) is 3.75. The first-order chi connectivity index (χ1) is 8.47. The molecule has 0 aliphatic carbocycles. The molecule has 0 bridgehead atoms. The van der Waals surface area contributed by atoms with Crippen molar-refractivity contribution in [2.45, 2.75) is 18.6 Å². The van der Waals surface area contributed by atoms with E-state index < -0.39 is 0 Å². The number of nitrogens with zero attached hydrogens (tertiary/aromatic N) is 3. The first kappa shape index (κ1) is 13.8. The lowest BCUT2D eigenvalue weighted by Crippen LogP contribution is -2.26. The molecule has 2 rings (SSSR count). The Hall–Kier alpha value is -0.660. The number of hydrogen-bond acceptors (Lipinski definition) is 5. The smallest absolute Gasteiger partial charge is 0.229 e. The Morgan fingerprint density at radius 1 is 1.67 bits per heavy atom. The normalized spacial score (nSPS) is 19.4. The molecular weight excluding hydrogens is 342 g/mol. The molecule has 1 aliphatic rings. The lowest BCUT2D eigenvalue weighted by atomic mass is 10.4. The van der Waals surface area contributed by atoms with E-state index in [1.54, 1.807) is 0 Å². The van der Waals surface area contributed by atoms with Gasteiger partial charge in [-0.3, -0.25) is 14.5 Å². The molecule has 18 heavy (non-hydrogen) atoms. The Morgan fingerprint density at radius 3 is 3.00 bits per heavy atom. The lowest BCUT2D eigenvalue weighted by molar-refractivity contribution is -0.117. The fraction of sp³-hybridized carbons (Fsp3) is 0.400. The maximum atomic E-state index is 11.9. The number of anilines is 1. The molecule has 8 heteroatoms. The molecule has 1 aliphatic heterocycles. The number of carbonyl (C=O) groups excluding carboxylic acids is 2. The van der Waals surface area contributed by atoms with Gasteiger partial charge in [0, 0.05) is 25.1 Å². The van der Waals surface area contributed by atoms with Gasteiger partial charge in [-0.05, 0) is 15.9 Å². The van der Waals surface area contributed by atoms with Gasteiger partial charge in [0.25, 0.3) is 0 Å². The fourth-order valence-electron chi connectivity index (χ4n) is 1.71. The highest BCUT2D eigenvalue weighted by atomic mass is 79.9. The van der Waals surface area contributed by atoms with E-state index >= 15 is 0 Å². The second-order valence-corrected chi connectivity index (χ2v) is 6.39. The molecule has 5 nitrogen and oxygen atoms in total. The van der Waals surface area contributed by atoms with E-state index in [-0.39, 0.29) is 21.4 Å². The number of aromatic nitrogens is 2. The number of amides is 1. The molecule has 0 N–H and O–H groups in total. The van der Waals surface area contributed by atoms with Crippen molar-refractivity contribution in [1.82, 2.24) is 9.97 Å². The molecule has 1 unspecified atom stereocenters. The van der Waals surface area contributed by atoms with Crippen LogP contribution in [0.5, 0.6) is 0 Å². The van der Waals surface area contributed by atoms with Crippen molar-refractivity contribution in [3.05, 3.63) is 16.0 Å². The minimum atomic E-state index is -0.0905. The van der Waals surface area contributed by atoms with Crippen LogP contribution in [0.25, 0.3) is 0 Å². The van der Waals surface area contributed by atoms with Crippen molar-refractivity contribution in [1.29, 1.82) is 0 Å². The highest BCUT2D eigenvalue weighted by molar-refractivity contribution is 9.10. The van der Waals surface area contributed by atoms with Crippen LogP contribution in [0.4, 0.5) is 5.82 Å². The molecule has 2 heterocycles. The van der Waals surface area contributed by atoms with Crippen LogP contribution in [0, 0.1) is 0 Å². The standard InChI is InChI=1S/C10H9BrClN3O2S/c1-5(16)18-6-2-8(17)15(4-6)10-9(12)14-7(11)3-13-10/h3,6H,2,4H2,1H3. The third-order valence-electron chi connectivity index (χ3n) is 2.36. The van der Waals surface area contributed by atoms with Crippen LogP contribution in [0.15, 0.2) is 10.8 Å². The quantitative estimate of drug-likeness (QED) is 0.819. The summed E-state index contributed by atoms with van der Waals surface area (Å²) in [6.07, 6.45) is 1.80. The Labute approximate surface area is 121 Å². The van der Waals surface area contributed by atoms with Gasteiger partial charge in [-0.25, -0.2) is 9.97 Å². The maximum absolute atomic E-state index is 11.9. The zero-order valence-corrected chi connectivity index (χ0v) is 12.5. The molecule has 1 aromatic heterocycles. The van der Waals surface area contributed by atoms with Crippen LogP contribution in [-0.2, 0) is 9.59 Å². The zero-order chi connectivity index (χ0) is 13.3. The van der Waals surface area contributed by atoms with Gasteiger partial charge in [-0.2, -0.15) is 0 Å². The van der Waals surface area contributed by atoms with E-state index in [1.165, 1.54) is 29.8 Å². The Balaban J connectivity index is 2.19. The van der Waals surface area contributed by atoms with Gasteiger partial charge >= 0.3 is 0 Å². The molecule has 1 amide bonds. The minimum Gasteiger partial charge on any atom is -0.293 e. The maximum Gasteiger partial charge on any atom is 0.229 e. The van der Waals surface area contributed by atoms with Crippen LogP contribution in [0.2, 0.25) is 5.15 Å². The van der Waals surface area contributed by atoms with Crippen LogP contribution in [-0.4, -0.2) is 32.8 Å². The average molecular weight is 351 g/mol. The summed E-state index contributed by atoms with van der Waals surface area (Å²) in [6.45, 7) is 1.92. The van der Waals surface area contributed by atoms with Crippen molar-refractivity contribution in [3.63, 3.8) is 0 Å². The highest BCUT2D eigenvalue weighted by Crippen LogP contribution is 2.31. The predicted octanol–water partition coefficient (Wildman–Crippen LogP) is 2.28. The summed E-state index contributed by atoms with van der Waals surface area (Å²) in [6, 6.07) is 0. The topological polar surface area (TPSA) is 63.2 Å². The molecule has 96 valence electrons. The van der Waals surface area contributed by atoms with Gasteiger partial charge in [0.1, 0.15) is 4.60 Å². The van der Waals surface area contributed by atoms with Crippen LogP contribution in [0.3, 0.4) is 0 Å². The second kappa shape index (κ2) is 5.54. The molecule has 0 saturated carbocycles. The summed E-state index contributed by atoms with van der Waals surface area (Å²) in [5.41, 5.74) is 0. The Bertz CT molecular complexity index is 514. The molecule has 0 radical (unpaired) electrons. The summed E-state index contributed by atoms with van der Waals surface area (Å²) in [4.78, 5) is 32.5. The van der Waals surface area contributed by atoms with Gasteiger partial charge in [0.15, 0.2) is 16.1 Å². The first-order valence-electron chi connectivity index (χ1n) is 5.13. The summed E-state index contributed by atoms with van der Waals surface area (Å²) in [7, 11) is 0. The number of halogens is 2. The molecular formula is C10H9BrClN3O2S. The van der Waals surface area contributed by atoms with Crippen molar-refractivity contribution >= 4 is 56.1 Å². The fourth-order valence-corrected chi connectivity index (χ4v) is 3.26. The van der Waals surface area contributed by atoms with Crippen molar-refractivity contribution < 1.29 is 9.59 Å². The summed E-state index contributed by atoms with van der Waals surface area (Å²) in [5, 5.41) is 0.130. The van der Waals surface area contributed by atoms with Gasteiger partial charge in [0.05, 0.1) is 6.20 Å². The van der Waals surface area contributed by atoms with Crippen LogP contribution < -0.4 is 4.90 Å². The molecule has 1 saturated heterocycles. The number of thioether (sulfide) groups is 1. The van der Waals surface area contributed by atoms with Gasteiger partial charge in [0.2, 0.25) is 5.91 Å². The summed E-state index contributed by atoms with van der Waals surface area (Å²) < 4.78 is 0.512. The summed E-state index contributed by atoms with van der Waals surface area (Å²) in [5.74, 6) is 0.254. The lowest BCUT2D eigenvalue weighted by Gasteiger charge is -2.15. The molecule has 1 aromatic rings. The Kier molecular flexibility index (Phi) is 4.24. The van der Waals surface area contributed by atoms with E-state index in [0.717, 1.165) is 0 Å². The largest absolute Gasteiger partial charge is 0.293 e. The number of carbonyl (C=O) groups is 2. The van der Waals surface area contributed by atoms with Crippen molar-refractivity contribution in [3.8, 4) is 0 Å². The summed E-state index contributed by atoms with van der Waals surface area (Å²) >= 11 is 10.3. The molecule has 0 spiro atoms. The Morgan fingerprint density at radius 2 is 2.39 bits per heavy atom. The van der Waals surface area contributed by atoms with Crippen LogP contribution in [0.1, 0.15) is 13.3 Å². The average Bonchev–Trinajstić information content (AvgIpc) is 2.58. The molecule has 1 fully saturated rings. The number of hydrogen-bond donors (Lipinski definition) is 0. The SMILES string of the molecule is CC(=O)SC1CC(=O)N(c2ncc(Br)nc2Cl)C1. The van der Waals surface area contributed by atoms with Crippen molar-refractivity contribution in [2.24, 2.45) is 0 Å². The highest BCUT2D eigenvalue weighted by Gasteiger charge is 2.34. The van der Waals surface area contributed by atoms with E-state index in [1.807, 2.05) is 0 Å². The molecule has 0 aromatic carbocycles. The van der Waals surface area contributed by atoms with E-state index in [0.29, 0.717) is 23.4 Å². The predicted molar refractivity (Wildman–Crippen MR) is 73.8 cm³/mol. The van der Waals surface area contributed by atoms with Gasteiger partial charge in [-0.15, -0.1) is 0 Å². The van der Waals surface area contributed by atoms with E-state index in [9.17, 15) is 9.59 Å². The third-order valence-corrected chi connectivity index (χ3v) is 3.98. The van der Waals surface area contributed by atoms with Crippen LogP contribution >= 0.6 is 39.3 Å². The molecule has 1 atom stereocenters. The number of rotatable bonds is 2. The van der Waals surface area contributed by atoms with Crippen molar-refractivity contribution in [2.75, 3.05) is 11.4 Å².